The zero-order valence-corrected chi connectivity index (χ0v) is 11.2. The molecule has 6 heteroatoms. The number of hydrogen-bond acceptors (Lipinski definition) is 3. The van der Waals surface area contributed by atoms with Crippen molar-refractivity contribution in [3.63, 3.8) is 0 Å². The Kier molecular flexibility index (Phi) is 10.5. The van der Waals surface area contributed by atoms with Crippen LogP contribution in [-0.4, -0.2) is 25.4 Å². The monoisotopic (exact) mass is 277 g/mol. The van der Waals surface area contributed by atoms with E-state index in [1.807, 2.05) is 30.6 Å². The van der Waals surface area contributed by atoms with E-state index in [1.54, 1.807) is 0 Å². The van der Waals surface area contributed by atoms with Gasteiger partial charge < -0.3 is 4.55 Å². The third kappa shape index (κ3) is 15.0. The van der Waals surface area contributed by atoms with Gasteiger partial charge in [-0.15, -0.1) is 0 Å². The predicted octanol–water partition coefficient (Wildman–Crippen LogP) is 1.95. The summed E-state index contributed by atoms with van der Waals surface area (Å²) in [4.78, 5) is 2.89. The normalized spacial score (nSPS) is 10.6. The Balaban J connectivity index is 0.000000397. The van der Waals surface area contributed by atoms with Crippen molar-refractivity contribution in [2.75, 3.05) is 12.4 Å². The molecule has 0 radical (unpaired) electrons. The van der Waals surface area contributed by atoms with Gasteiger partial charge in [-0.3, -0.25) is 4.39 Å². The summed E-state index contributed by atoms with van der Waals surface area (Å²) in [5, 5.41) is 0. The van der Waals surface area contributed by atoms with Gasteiger partial charge in [-0.1, -0.05) is 25.3 Å². The van der Waals surface area contributed by atoms with Crippen LogP contribution >= 0.6 is 0 Å². The zero-order chi connectivity index (χ0) is 13.7. The van der Waals surface area contributed by atoms with Crippen LogP contribution in [0.1, 0.15) is 32.1 Å². The number of aromatic amines is 1. The first-order chi connectivity index (χ1) is 8.56. The Morgan fingerprint density at radius 3 is 1.89 bits per heavy atom. The van der Waals surface area contributed by atoms with Crippen molar-refractivity contribution < 1.29 is 22.3 Å². The molecule has 0 aliphatic carbocycles. The molecule has 18 heavy (non-hydrogen) atoms. The first-order valence-corrected chi connectivity index (χ1v) is 7.54. The summed E-state index contributed by atoms with van der Waals surface area (Å²) in [5.41, 5.74) is 0. The van der Waals surface area contributed by atoms with E-state index < -0.39 is 10.1 Å². The van der Waals surface area contributed by atoms with Crippen LogP contribution in [0.4, 0.5) is 4.39 Å². The van der Waals surface area contributed by atoms with Gasteiger partial charge in [0.1, 0.15) is 0 Å². The molecule has 1 rings (SSSR count). The highest BCUT2D eigenvalue weighted by atomic mass is 32.2. The summed E-state index contributed by atoms with van der Waals surface area (Å²) in [6.45, 7) is -0.320. The van der Waals surface area contributed by atoms with Crippen LogP contribution in [0.3, 0.4) is 0 Å². The Morgan fingerprint density at radius 1 is 0.944 bits per heavy atom. The third-order valence-corrected chi connectivity index (χ3v) is 2.92. The lowest BCUT2D eigenvalue weighted by Gasteiger charge is -2.05. The average Bonchev–Trinajstić information content (AvgIpc) is 2.35. The van der Waals surface area contributed by atoms with Gasteiger partial charge in [-0.2, -0.15) is 0 Å². The molecular formula is C12H20FNO3S. The second-order valence-corrected chi connectivity index (χ2v) is 5.32. The van der Waals surface area contributed by atoms with E-state index in [2.05, 4.69) is 4.98 Å². The highest BCUT2D eigenvalue weighted by molar-refractivity contribution is 7.85. The first kappa shape index (κ1) is 17.0. The van der Waals surface area contributed by atoms with Crippen LogP contribution in [0.25, 0.3) is 0 Å². The lowest BCUT2D eigenvalue weighted by Crippen LogP contribution is -2.03. The molecule has 0 fully saturated rings. The number of unbranched alkanes of at least 4 members (excludes halogenated alkanes) is 4. The molecule has 1 N–H and O–H groups in total. The topological polar surface area (TPSA) is 71.3 Å². The summed E-state index contributed by atoms with van der Waals surface area (Å²) in [6, 6.07) is 5.86. The minimum atomic E-state index is -4.04. The Bertz CT molecular complexity index is 343. The van der Waals surface area contributed by atoms with Crippen molar-refractivity contribution in [3.8, 4) is 0 Å². The van der Waals surface area contributed by atoms with Gasteiger partial charge >= 0.3 is 0 Å². The van der Waals surface area contributed by atoms with Crippen LogP contribution < -0.4 is 4.98 Å². The molecule has 0 saturated heterocycles. The van der Waals surface area contributed by atoms with Gasteiger partial charge in [0.2, 0.25) is 0 Å². The summed E-state index contributed by atoms with van der Waals surface area (Å²) >= 11 is 0. The summed E-state index contributed by atoms with van der Waals surface area (Å²) in [6.07, 6.45) is 6.96. The smallest absolute Gasteiger partial charge is 0.166 e. The molecule has 104 valence electrons. The van der Waals surface area contributed by atoms with Crippen molar-refractivity contribution in [3.05, 3.63) is 30.6 Å². The fraction of sp³-hybridized carbons (Fsp3) is 0.583. The largest absolute Gasteiger partial charge is 0.748 e. The summed E-state index contributed by atoms with van der Waals surface area (Å²) < 4.78 is 41.9. The second kappa shape index (κ2) is 11.1. The molecule has 0 bridgehead atoms. The maximum Gasteiger partial charge on any atom is 0.166 e. The molecule has 4 nitrogen and oxygen atoms in total. The standard InChI is InChI=1S/C7H15FO3S.C5H5N/c8-6-4-2-1-3-5-7-12(9,10)11;1-2-4-6-5-3-1/h1-7H2,(H,9,10,11);1-5H. The number of hydrogen-bond donors (Lipinski definition) is 0. The average molecular weight is 277 g/mol. The maximum absolute atomic E-state index is 11.5. The lowest BCUT2D eigenvalue weighted by atomic mass is 10.2. The number of alkyl halides is 1. The van der Waals surface area contributed by atoms with Gasteiger partial charge in [0, 0.05) is 17.9 Å². The van der Waals surface area contributed by atoms with Crippen LogP contribution in [0.15, 0.2) is 30.6 Å². The van der Waals surface area contributed by atoms with Gasteiger partial charge in [0.05, 0.1) is 16.8 Å². The SMILES string of the molecule is O=S(=O)([O-])CCCCCCCF.c1cc[nH+]cc1. The van der Waals surface area contributed by atoms with Gasteiger partial charge in [-0.05, 0) is 12.8 Å². The molecule has 0 spiro atoms. The highest BCUT2D eigenvalue weighted by Gasteiger charge is 1.95. The molecule has 1 heterocycles. The third-order valence-electron chi connectivity index (χ3n) is 2.14. The highest BCUT2D eigenvalue weighted by Crippen LogP contribution is 2.04. The molecule has 0 aliphatic rings. The van der Waals surface area contributed by atoms with Crippen LogP contribution in [0.5, 0.6) is 0 Å². The number of aromatic nitrogens is 1. The van der Waals surface area contributed by atoms with Crippen LogP contribution in [0, 0.1) is 0 Å². The van der Waals surface area contributed by atoms with E-state index >= 15 is 0 Å². The zero-order valence-electron chi connectivity index (χ0n) is 10.3. The van der Waals surface area contributed by atoms with E-state index in [0.717, 1.165) is 12.8 Å². The fourth-order valence-corrected chi connectivity index (χ4v) is 1.80. The Morgan fingerprint density at radius 2 is 1.50 bits per heavy atom. The number of halogens is 1. The molecule has 0 amide bonds. The molecule has 0 aromatic carbocycles. The number of H-pyrrole nitrogens is 1. The predicted molar refractivity (Wildman–Crippen MR) is 66.6 cm³/mol. The number of pyridine rings is 1. The molecule has 1 aromatic rings. The van der Waals surface area contributed by atoms with Gasteiger partial charge in [0.25, 0.3) is 0 Å². The Hall–Kier alpha value is -1.01. The second-order valence-electron chi connectivity index (χ2n) is 3.80. The molecular weight excluding hydrogens is 257 g/mol. The van der Waals surface area contributed by atoms with E-state index in [4.69, 9.17) is 0 Å². The summed E-state index contributed by atoms with van der Waals surface area (Å²) in [5.74, 6) is -0.289. The van der Waals surface area contributed by atoms with Gasteiger partial charge in [-0.25, -0.2) is 13.4 Å². The van der Waals surface area contributed by atoms with Crippen molar-refractivity contribution in [2.24, 2.45) is 0 Å². The van der Waals surface area contributed by atoms with Crippen molar-refractivity contribution >= 4 is 10.1 Å². The van der Waals surface area contributed by atoms with Crippen molar-refractivity contribution in [1.29, 1.82) is 0 Å². The summed E-state index contributed by atoms with van der Waals surface area (Å²) in [7, 11) is -4.04. The van der Waals surface area contributed by atoms with Crippen LogP contribution in [-0.2, 0) is 10.1 Å². The number of rotatable bonds is 7. The maximum atomic E-state index is 11.5. The van der Waals surface area contributed by atoms with E-state index in [-0.39, 0.29) is 12.4 Å². The van der Waals surface area contributed by atoms with Crippen molar-refractivity contribution in [1.82, 2.24) is 0 Å². The van der Waals surface area contributed by atoms with Crippen molar-refractivity contribution in [2.45, 2.75) is 32.1 Å². The molecule has 0 saturated carbocycles. The minimum absolute atomic E-state index is 0.289. The fourth-order valence-electron chi connectivity index (χ4n) is 1.25. The molecule has 0 atom stereocenters. The number of nitrogens with one attached hydrogen (secondary N) is 1. The van der Waals surface area contributed by atoms with Gasteiger partial charge in [0.15, 0.2) is 12.4 Å². The molecule has 0 unspecified atom stereocenters. The first-order valence-electron chi connectivity index (χ1n) is 5.97. The van der Waals surface area contributed by atoms with E-state index in [9.17, 15) is 17.4 Å². The molecule has 0 aliphatic heterocycles. The minimum Gasteiger partial charge on any atom is -0.748 e. The lowest BCUT2D eigenvalue weighted by molar-refractivity contribution is -0.377. The Labute approximate surface area is 108 Å². The van der Waals surface area contributed by atoms with E-state index in [0.29, 0.717) is 19.3 Å². The van der Waals surface area contributed by atoms with E-state index in [1.165, 1.54) is 0 Å². The molecule has 1 aromatic heterocycles. The van der Waals surface area contributed by atoms with Crippen LogP contribution in [0.2, 0.25) is 0 Å². The quantitative estimate of drug-likeness (QED) is 0.565.